The second-order valence-corrected chi connectivity index (χ2v) is 7.59. The molecule has 3 nitrogen and oxygen atoms in total. The third kappa shape index (κ3) is 4.57. The monoisotopic (exact) mass is 315 g/mol. The summed E-state index contributed by atoms with van der Waals surface area (Å²) in [7, 11) is 0. The molecule has 2 aliphatic rings. The zero-order valence-electron chi connectivity index (χ0n) is 14.4. The predicted molar refractivity (Wildman–Crippen MR) is 91.8 cm³/mol. The molecule has 0 radical (unpaired) electrons. The highest BCUT2D eigenvalue weighted by molar-refractivity contribution is 5.76. The van der Waals surface area contributed by atoms with E-state index in [4.69, 9.17) is 4.74 Å². The van der Waals surface area contributed by atoms with Crippen molar-refractivity contribution in [3.05, 3.63) is 35.4 Å². The van der Waals surface area contributed by atoms with Gasteiger partial charge in [-0.15, -0.1) is 0 Å². The predicted octanol–water partition coefficient (Wildman–Crippen LogP) is 4.05. The van der Waals surface area contributed by atoms with Crippen LogP contribution in [0.3, 0.4) is 0 Å². The Bertz CT molecular complexity index is 523. The number of carbonyl (C=O) groups excluding carboxylic acids is 1. The average Bonchev–Trinajstić information content (AvgIpc) is 3.14. The summed E-state index contributed by atoms with van der Waals surface area (Å²) < 4.78 is 5.59. The van der Waals surface area contributed by atoms with Gasteiger partial charge in [0.1, 0.15) is 0 Å². The van der Waals surface area contributed by atoms with E-state index in [2.05, 4.69) is 29.6 Å². The van der Waals surface area contributed by atoms with Crippen LogP contribution in [0.5, 0.6) is 0 Å². The van der Waals surface area contributed by atoms with Crippen LogP contribution in [0, 0.1) is 17.8 Å². The normalized spacial score (nSPS) is 26.0. The van der Waals surface area contributed by atoms with Crippen molar-refractivity contribution in [3.8, 4) is 0 Å². The molecule has 2 fully saturated rings. The maximum absolute atomic E-state index is 12.2. The molecule has 1 aromatic carbocycles. The third-order valence-corrected chi connectivity index (χ3v) is 5.43. The van der Waals surface area contributed by atoms with E-state index in [-0.39, 0.29) is 12.0 Å². The Balaban J connectivity index is 1.40. The molecule has 3 heteroatoms. The van der Waals surface area contributed by atoms with E-state index in [1.165, 1.54) is 31.2 Å². The molecule has 1 aromatic rings. The molecule has 3 rings (SSSR count). The van der Waals surface area contributed by atoms with E-state index < -0.39 is 0 Å². The highest BCUT2D eigenvalue weighted by Crippen LogP contribution is 2.49. The van der Waals surface area contributed by atoms with Gasteiger partial charge in [-0.1, -0.05) is 30.7 Å². The van der Waals surface area contributed by atoms with Gasteiger partial charge < -0.3 is 10.1 Å². The molecule has 3 atom stereocenters. The van der Waals surface area contributed by atoms with Crippen molar-refractivity contribution < 1.29 is 9.53 Å². The van der Waals surface area contributed by atoms with E-state index in [9.17, 15) is 4.79 Å². The molecule has 0 heterocycles. The van der Waals surface area contributed by atoms with Gasteiger partial charge in [0.25, 0.3) is 0 Å². The fraction of sp³-hybridized carbons (Fsp3) is 0.650. The van der Waals surface area contributed by atoms with E-state index in [1.54, 1.807) is 0 Å². The largest absolute Gasteiger partial charge is 0.374 e. The molecule has 0 saturated heterocycles. The Morgan fingerprint density at radius 2 is 1.91 bits per heavy atom. The summed E-state index contributed by atoms with van der Waals surface area (Å²) in [6, 6.07) is 8.33. The minimum absolute atomic E-state index is 0.217. The summed E-state index contributed by atoms with van der Waals surface area (Å²) in [5.41, 5.74) is 2.33. The van der Waals surface area contributed by atoms with Crippen molar-refractivity contribution in [2.24, 2.45) is 17.8 Å². The lowest BCUT2D eigenvalue weighted by molar-refractivity contribution is -0.122. The highest BCUT2D eigenvalue weighted by atomic mass is 16.5. The van der Waals surface area contributed by atoms with Gasteiger partial charge in [0, 0.05) is 13.0 Å². The lowest BCUT2D eigenvalue weighted by Crippen LogP contribution is -2.26. The lowest BCUT2D eigenvalue weighted by atomic mass is 9.86. The number of hydrogen-bond donors (Lipinski definition) is 1. The smallest absolute Gasteiger partial charge is 0.220 e. The maximum Gasteiger partial charge on any atom is 0.220 e. The van der Waals surface area contributed by atoms with Crippen molar-refractivity contribution >= 4 is 5.91 Å². The summed E-state index contributed by atoms with van der Waals surface area (Å²) in [6.07, 6.45) is 6.37. The number of amides is 1. The van der Waals surface area contributed by atoms with Crippen LogP contribution in [-0.2, 0) is 22.7 Å². The summed E-state index contributed by atoms with van der Waals surface area (Å²) in [5.74, 6) is 2.60. The fourth-order valence-corrected chi connectivity index (χ4v) is 4.15. The van der Waals surface area contributed by atoms with Crippen LogP contribution in [0.15, 0.2) is 24.3 Å². The minimum atomic E-state index is 0.217. The molecule has 2 saturated carbocycles. The zero-order chi connectivity index (χ0) is 16.2. The lowest BCUT2D eigenvalue weighted by Gasteiger charge is -2.20. The fourth-order valence-electron chi connectivity index (χ4n) is 4.15. The SMILES string of the molecule is CC(C)OCc1ccc(CNC(=O)C[C@@H]2C[C@H]3CC[C@H]2C3)cc1. The van der Waals surface area contributed by atoms with Crippen LogP contribution in [0.2, 0.25) is 0 Å². The molecule has 1 amide bonds. The molecule has 2 aliphatic carbocycles. The average molecular weight is 315 g/mol. The number of benzene rings is 1. The van der Waals surface area contributed by atoms with Gasteiger partial charge in [-0.25, -0.2) is 0 Å². The van der Waals surface area contributed by atoms with Gasteiger partial charge in [0.15, 0.2) is 0 Å². The number of hydrogen-bond acceptors (Lipinski definition) is 2. The number of nitrogens with one attached hydrogen (secondary N) is 1. The molecule has 0 unspecified atom stereocenters. The van der Waals surface area contributed by atoms with Crippen LogP contribution in [0.4, 0.5) is 0 Å². The van der Waals surface area contributed by atoms with Gasteiger partial charge in [-0.05, 0) is 62.0 Å². The number of carbonyl (C=O) groups is 1. The standard InChI is InChI=1S/C20H29NO2/c1-14(2)23-13-16-5-3-15(4-6-16)12-21-20(22)11-19-10-17-7-8-18(19)9-17/h3-6,14,17-19H,7-13H2,1-2H3,(H,21,22)/t17-,18-,19-/m0/s1. The van der Waals surface area contributed by atoms with Gasteiger partial charge in [-0.2, -0.15) is 0 Å². The second-order valence-electron chi connectivity index (χ2n) is 7.59. The van der Waals surface area contributed by atoms with Gasteiger partial charge >= 0.3 is 0 Å². The van der Waals surface area contributed by atoms with Crippen LogP contribution >= 0.6 is 0 Å². The highest BCUT2D eigenvalue weighted by Gasteiger charge is 2.39. The first-order chi connectivity index (χ1) is 11.1. The quantitative estimate of drug-likeness (QED) is 0.824. The summed E-state index contributed by atoms with van der Waals surface area (Å²) in [5, 5.41) is 3.08. The molecule has 0 spiro atoms. The van der Waals surface area contributed by atoms with Crippen LogP contribution in [0.25, 0.3) is 0 Å². The minimum Gasteiger partial charge on any atom is -0.374 e. The Hall–Kier alpha value is -1.35. The van der Waals surface area contributed by atoms with E-state index in [1.807, 2.05) is 13.8 Å². The molecule has 0 aromatic heterocycles. The van der Waals surface area contributed by atoms with E-state index in [0.717, 1.165) is 23.8 Å². The van der Waals surface area contributed by atoms with E-state index >= 15 is 0 Å². The van der Waals surface area contributed by atoms with E-state index in [0.29, 0.717) is 19.1 Å². The number of rotatable bonds is 7. The van der Waals surface area contributed by atoms with Crippen molar-refractivity contribution in [2.45, 2.75) is 65.2 Å². The van der Waals surface area contributed by atoms with Crippen LogP contribution in [0.1, 0.15) is 57.1 Å². The Morgan fingerprint density at radius 3 is 2.52 bits per heavy atom. The van der Waals surface area contributed by atoms with Crippen molar-refractivity contribution in [1.29, 1.82) is 0 Å². The first-order valence-electron chi connectivity index (χ1n) is 9.06. The maximum atomic E-state index is 12.2. The molecule has 126 valence electrons. The Morgan fingerprint density at radius 1 is 1.17 bits per heavy atom. The van der Waals surface area contributed by atoms with Crippen molar-refractivity contribution in [1.82, 2.24) is 5.32 Å². The summed E-state index contributed by atoms with van der Waals surface area (Å²) in [4.78, 5) is 12.2. The molecule has 1 N–H and O–H groups in total. The van der Waals surface area contributed by atoms with Gasteiger partial charge in [0.05, 0.1) is 12.7 Å². The van der Waals surface area contributed by atoms with Crippen LogP contribution < -0.4 is 5.32 Å². The van der Waals surface area contributed by atoms with Gasteiger partial charge in [0.2, 0.25) is 5.91 Å². The van der Waals surface area contributed by atoms with Crippen molar-refractivity contribution in [2.75, 3.05) is 0 Å². The molecular weight excluding hydrogens is 286 g/mol. The first-order valence-corrected chi connectivity index (χ1v) is 9.06. The molecule has 2 bridgehead atoms. The second kappa shape index (κ2) is 7.48. The Labute approximate surface area is 139 Å². The first kappa shape index (κ1) is 16.5. The van der Waals surface area contributed by atoms with Crippen molar-refractivity contribution in [3.63, 3.8) is 0 Å². The number of fused-ring (bicyclic) bond motifs is 2. The molecule has 0 aliphatic heterocycles. The summed E-state index contributed by atoms with van der Waals surface area (Å²) >= 11 is 0. The Kier molecular flexibility index (Phi) is 5.37. The number of ether oxygens (including phenoxy) is 1. The molecular formula is C20H29NO2. The third-order valence-electron chi connectivity index (χ3n) is 5.43. The van der Waals surface area contributed by atoms with Crippen LogP contribution in [-0.4, -0.2) is 12.0 Å². The zero-order valence-corrected chi connectivity index (χ0v) is 14.4. The van der Waals surface area contributed by atoms with Gasteiger partial charge in [-0.3, -0.25) is 4.79 Å². The summed E-state index contributed by atoms with van der Waals surface area (Å²) in [6.45, 7) is 5.36. The molecule has 23 heavy (non-hydrogen) atoms. The topological polar surface area (TPSA) is 38.3 Å².